The first-order valence-electron chi connectivity index (χ1n) is 11.7. The topological polar surface area (TPSA) is 95.9 Å². The van der Waals surface area contributed by atoms with Gasteiger partial charge in [-0.25, -0.2) is 18.4 Å². The van der Waals surface area contributed by atoms with Crippen LogP contribution in [0.4, 0.5) is 0 Å². The summed E-state index contributed by atoms with van der Waals surface area (Å²) in [6.07, 6.45) is 4.79. The van der Waals surface area contributed by atoms with Crippen LogP contribution in [0.25, 0.3) is 11.1 Å². The minimum Gasteiger partial charge on any atom is -0.487 e. The number of ether oxygens (including phenoxy) is 1. The van der Waals surface area contributed by atoms with Gasteiger partial charge in [-0.2, -0.15) is 4.31 Å². The maximum atomic E-state index is 13.7. The summed E-state index contributed by atoms with van der Waals surface area (Å²) in [6, 6.07) is 14.5. The number of aliphatic hydroxyl groups is 1. The summed E-state index contributed by atoms with van der Waals surface area (Å²) in [5.41, 5.74) is 2.84. The first-order chi connectivity index (χ1) is 16.8. The third kappa shape index (κ3) is 5.70. The smallest absolute Gasteiger partial charge is 0.247 e. The van der Waals surface area contributed by atoms with Gasteiger partial charge < -0.3 is 9.84 Å². The molecule has 0 bridgehead atoms. The minimum absolute atomic E-state index is 0.119. The summed E-state index contributed by atoms with van der Waals surface area (Å²) in [5.74, 6) is 0.205. The van der Waals surface area contributed by atoms with E-state index in [9.17, 15) is 13.5 Å². The van der Waals surface area contributed by atoms with Crippen LogP contribution in [-0.4, -0.2) is 71.6 Å². The highest BCUT2D eigenvalue weighted by Gasteiger charge is 2.38. The molecule has 1 N–H and O–H groups in total. The molecule has 0 spiro atoms. The lowest BCUT2D eigenvalue weighted by atomic mass is 10.0. The van der Waals surface area contributed by atoms with E-state index in [-0.39, 0.29) is 30.1 Å². The van der Waals surface area contributed by atoms with Crippen molar-refractivity contribution >= 4 is 10.0 Å². The van der Waals surface area contributed by atoms with Gasteiger partial charge in [-0.3, -0.25) is 4.90 Å². The quantitative estimate of drug-likeness (QED) is 0.537. The SMILES string of the molecule is C[C@@H]1CN([C@H](C)CO)S(=O)(=O)c2ccc(-c3ccccc3)cc2O[C@@H]1CN(C)Cc1cncnc1. The number of likely N-dealkylation sites (N-methyl/N-ethyl adjacent to an activating group) is 1. The molecule has 3 aromatic rings. The lowest BCUT2D eigenvalue weighted by Crippen LogP contribution is -2.49. The molecule has 0 amide bonds. The van der Waals surface area contributed by atoms with Crippen LogP contribution in [0.2, 0.25) is 0 Å². The van der Waals surface area contributed by atoms with E-state index < -0.39 is 16.1 Å². The number of fused-ring (bicyclic) bond motifs is 1. The molecule has 0 saturated heterocycles. The third-order valence-corrected chi connectivity index (χ3v) is 8.35. The number of hydrogen-bond acceptors (Lipinski definition) is 7. The first-order valence-corrected chi connectivity index (χ1v) is 13.1. The molecule has 0 unspecified atom stereocenters. The van der Waals surface area contributed by atoms with Gasteiger partial charge in [0.05, 0.1) is 6.61 Å². The molecule has 8 nitrogen and oxygen atoms in total. The molecule has 4 rings (SSSR count). The van der Waals surface area contributed by atoms with Gasteiger partial charge in [0.25, 0.3) is 0 Å². The summed E-state index contributed by atoms with van der Waals surface area (Å²) in [4.78, 5) is 10.4. The Hall–Kier alpha value is -2.85. The largest absolute Gasteiger partial charge is 0.487 e. The Morgan fingerprint density at radius 1 is 1.14 bits per heavy atom. The van der Waals surface area contributed by atoms with Crippen LogP contribution in [0.15, 0.2) is 72.1 Å². The Kier molecular flexibility index (Phi) is 7.81. The van der Waals surface area contributed by atoms with Crippen molar-refractivity contribution in [2.45, 2.75) is 37.4 Å². The molecule has 0 radical (unpaired) electrons. The summed E-state index contributed by atoms with van der Waals surface area (Å²) >= 11 is 0. The standard InChI is InChI=1S/C26H32N4O4S/c1-19-14-30(20(2)17-31)35(32,33)26-10-9-23(22-7-5-4-6-8-22)11-24(26)34-25(19)16-29(3)15-21-12-27-18-28-13-21/h4-13,18-20,25,31H,14-17H2,1-3H3/t19-,20-,25-/m1/s1. The molecule has 3 atom stereocenters. The van der Waals surface area contributed by atoms with E-state index in [1.54, 1.807) is 37.5 Å². The third-order valence-electron chi connectivity index (χ3n) is 6.33. The maximum Gasteiger partial charge on any atom is 0.247 e. The number of rotatable bonds is 7. The van der Waals surface area contributed by atoms with Crippen molar-refractivity contribution in [3.63, 3.8) is 0 Å². The average Bonchev–Trinajstić information content (AvgIpc) is 2.86. The summed E-state index contributed by atoms with van der Waals surface area (Å²) < 4.78 is 35.2. The van der Waals surface area contributed by atoms with Crippen molar-refractivity contribution in [3.8, 4) is 16.9 Å². The van der Waals surface area contributed by atoms with Crippen molar-refractivity contribution in [1.29, 1.82) is 0 Å². The highest BCUT2D eigenvalue weighted by Crippen LogP contribution is 2.36. The minimum atomic E-state index is -3.87. The second kappa shape index (κ2) is 10.8. The van der Waals surface area contributed by atoms with Gasteiger partial charge >= 0.3 is 0 Å². The molecule has 0 saturated carbocycles. The van der Waals surface area contributed by atoms with E-state index in [0.29, 0.717) is 18.8 Å². The molecule has 1 aliphatic heterocycles. The van der Waals surface area contributed by atoms with Crippen molar-refractivity contribution in [1.82, 2.24) is 19.2 Å². The second-order valence-corrected chi connectivity index (χ2v) is 11.1. The normalized spacial score (nSPS) is 20.9. The number of nitrogens with zero attached hydrogens (tertiary/aromatic N) is 4. The fourth-order valence-electron chi connectivity index (χ4n) is 4.35. The molecule has 9 heteroatoms. The van der Waals surface area contributed by atoms with Crippen LogP contribution in [0, 0.1) is 5.92 Å². The molecule has 1 aliphatic rings. The highest BCUT2D eigenvalue weighted by atomic mass is 32.2. The summed E-state index contributed by atoms with van der Waals surface area (Å²) in [5, 5.41) is 9.83. The Morgan fingerprint density at radius 3 is 2.54 bits per heavy atom. The van der Waals surface area contributed by atoms with Crippen molar-refractivity contribution in [2.75, 3.05) is 26.7 Å². The van der Waals surface area contributed by atoms with Gasteiger partial charge in [0, 0.05) is 49.6 Å². The molecule has 0 aliphatic carbocycles. The van der Waals surface area contributed by atoms with Crippen molar-refractivity contribution in [3.05, 3.63) is 72.8 Å². The van der Waals surface area contributed by atoms with Crippen LogP contribution < -0.4 is 4.74 Å². The number of aromatic nitrogens is 2. The lowest BCUT2D eigenvalue weighted by molar-refractivity contribution is 0.0733. The van der Waals surface area contributed by atoms with Gasteiger partial charge in [-0.05, 0) is 37.2 Å². The molecule has 35 heavy (non-hydrogen) atoms. The first kappa shape index (κ1) is 25.2. The summed E-state index contributed by atoms with van der Waals surface area (Å²) in [6.45, 7) is 4.91. The molecular formula is C26H32N4O4S. The Balaban J connectivity index is 1.72. The molecular weight excluding hydrogens is 464 g/mol. The lowest BCUT2D eigenvalue weighted by Gasteiger charge is -2.37. The van der Waals surface area contributed by atoms with Crippen LogP contribution >= 0.6 is 0 Å². The van der Waals surface area contributed by atoms with E-state index in [2.05, 4.69) is 14.9 Å². The zero-order valence-corrected chi connectivity index (χ0v) is 21.1. The zero-order valence-electron chi connectivity index (χ0n) is 20.3. The fourth-order valence-corrected chi connectivity index (χ4v) is 6.17. The Labute approximate surface area is 207 Å². The average molecular weight is 497 g/mol. The predicted octanol–water partition coefficient (Wildman–Crippen LogP) is 3.04. The maximum absolute atomic E-state index is 13.7. The van der Waals surface area contributed by atoms with Crippen molar-refractivity contribution < 1.29 is 18.3 Å². The molecule has 186 valence electrons. The van der Waals surface area contributed by atoms with Crippen molar-refractivity contribution in [2.24, 2.45) is 5.92 Å². The molecule has 0 fully saturated rings. The van der Waals surface area contributed by atoms with Crippen LogP contribution in [0.3, 0.4) is 0 Å². The Bertz CT molecular complexity index is 1220. The van der Waals surface area contributed by atoms with Crippen LogP contribution in [-0.2, 0) is 16.6 Å². The second-order valence-electron chi connectivity index (χ2n) is 9.21. The van der Waals surface area contributed by atoms with E-state index in [1.165, 1.54) is 10.6 Å². The molecule has 1 aromatic heterocycles. The van der Waals surface area contributed by atoms with Crippen LogP contribution in [0.5, 0.6) is 5.75 Å². The van der Waals surface area contributed by atoms with Gasteiger partial charge in [0.15, 0.2) is 0 Å². The fraction of sp³-hybridized carbons (Fsp3) is 0.385. The van der Waals surface area contributed by atoms with E-state index >= 15 is 0 Å². The summed E-state index contributed by atoms with van der Waals surface area (Å²) in [7, 11) is -1.87. The number of benzene rings is 2. The van der Waals surface area contributed by atoms with Gasteiger partial charge in [-0.1, -0.05) is 43.3 Å². The van der Waals surface area contributed by atoms with Gasteiger partial charge in [-0.15, -0.1) is 0 Å². The van der Waals surface area contributed by atoms with Crippen LogP contribution in [0.1, 0.15) is 19.4 Å². The zero-order chi connectivity index (χ0) is 25.0. The van der Waals surface area contributed by atoms with E-state index in [4.69, 9.17) is 4.74 Å². The molecule has 2 heterocycles. The van der Waals surface area contributed by atoms with Gasteiger partial charge in [0.1, 0.15) is 23.1 Å². The molecule has 2 aromatic carbocycles. The number of hydrogen-bond donors (Lipinski definition) is 1. The number of aliphatic hydroxyl groups excluding tert-OH is 1. The van der Waals surface area contributed by atoms with E-state index in [1.807, 2.05) is 44.3 Å². The monoisotopic (exact) mass is 496 g/mol. The highest BCUT2D eigenvalue weighted by molar-refractivity contribution is 7.89. The number of sulfonamides is 1. The predicted molar refractivity (Wildman–Crippen MR) is 134 cm³/mol. The van der Waals surface area contributed by atoms with E-state index in [0.717, 1.165) is 16.7 Å². The van der Waals surface area contributed by atoms with Gasteiger partial charge in [0.2, 0.25) is 10.0 Å². The Morgan fingerprint density at radius 2 is 1.86 bits per heavy atom.